The Balaban J connectivity index is 1.91. The molecular weight excluding hydrogens is 278 g/mol. The molecule has 4 heteroatoms. The second kappa shape index (κ2) is 6.18. The lowest BCUT2D eigenvalue weighted by atomic mass is 10.1. The largest absolute Gasteiger partial charge is 0.478 e. The molecule has 2 aromatic carbocycles. The van der Waals surface area contributed by atoms with E-state index in [1.807, 2.05) is 36.4 Å². The van der Waals surface area contributed by atoms with Crippen molar-refractivity contribution in [2.45, 2.75) is 6.54 Å². The first-order chi connectivity index (χ1) is 10.7. The third kappa shape index (κ3) is 3.01. The van der Waals surface area contributed by atoms with E-state index in [0.717, 1.165) is 16.8 Å². The number of hydrogen-bond donors (Lipinski definition) is 2. The molecule has 1 aromatic heterocycles. The van der Waals surface area contributed by atoms with Crippen LogP contribution in [0.15, 0.2) is 71.3 Å². The van der Waals surface area contributed by atoms with Crippen LogP contribution in [0.4, 0.5) is 5.69 Å². The molecule has 0 saturated heterocycles. The Morgan fingerprint density at radius 3 is 2.55 bits per heavy atom. The van der Waals surface area contributed by atoms with Crippen molar-refractivity contribution in [1.82, 2.24) is 0 Å². The Labute approximate surface area is 128 Å². The maximum Gasteiger partial charge on any atom is 0.335 e. The lowest BCUT2D eigenvalue weighted by Crippen LogP contribution is -2.03. The van der Waals surface area contributed by atoms with Gasteiger partial charge in [-0.15, -0.1) is 0 Å². The molecule has 1 heterocycles. The van der Waals surface area contributed by atoms with Crippen LogP contribution in [0.2, 0.25) is 0 Å². The number of furan rings is 1. The summed E-state index contributed by atoms with van der Waals surface area (Å²) < 4.78 is 5.41. The zero-order valence-corrected chi connectivity index (χ0v) is 11.8. The molecule has 0 atom stereocenters. The number of hydrogen-bond acceptors (Lipinski definition) is 3. The van der Waals surface area contributed by atoms with Gasteiger partial charge < -0.3 is 14.8 Å². The lowest BCUT2D eigenvalue weighted by Gasteiger charge is -2.11. The van der Waals surface area contributed by atoms with Gasteiger partial charge >= 0.3 is 5.97 Å². The Kier molecular flexibility index (Phi) is 3.92. The van der Waals surface area contributed by atoms with E-state index in [9.17, 15) is 4.79 Å². The smallest absolute Gasteiger partial charge is 0.335 e. The average Bonchev–Trinajstić information content (AvgIpc) is 3.08. The third-order valence-corrected chi connectivity index (χ3v) is 3.38. The van der Waals surface area contributed by atoms with Crippen molar-refractivity contribution < 1.29 is 14.3 Å². The van der Waals surface area contributed by atoms with Crippen LogP contribution in [0, 0.1) is 0 Å². The van der Waals surface area contributed by atoms with Gasteiger partial charge in [0.15, 0.2) is 0 Å². The van der Waals surface area contributed by atoms with Crippen LogP contribution in [0.1, 0.15) is 15.9 Å². The molecule has 22 heavy (non-hydrogen) atoms. The van der Waals surface area contributed by atoms with Crippen LogP contribution < -0.4 is 5.32 Å². The predicted molar refractivity (Wildman–Crippen MR) is 84.9 cm³/mol. The molecule has 0 bridgehead atoms. The lowest BCUT2D eigenvalue weighted by molar-refractivity contribution is 0.0697. The summed E-state index contributed by atoms with van der Waals surface area (Å²) in [6, 6.07) is 18.6. The molecule has 0 amide bonds. The summed E-state index contributed by atoms with van der Waals surface area (Å²) in [5.41, 5.74) is 2.96. The summed E-state index contributed by atoms with van der Waals surface area (Å²) in [5, 5.41) is 12.5. The number of rotatable bonds is 5. The molecule has 0 aliphatic heterocycles. The topological polar surface area (TPSA) is 62.5 Å². The summed E-state index contributed by atoms with van der Waals surface area (Å²) in [4.78, 5) is 11.2. The highest BCUT2D eigenvalue weighted by atomic mass is 16.4. The van der Waals surface area contributed by atoms with E-state index in [4.69, 9.17) is 9.52 Å². The van der Waals surface area contributed by atoms with E-state index in [1.54, 1.807) is 30.5 Å². The van der Waals surface area contributed by atoms with Crippen molar-refractivity contribution in [3.63, 3.8) is 0 Å². The summed E-state index contributed by atoms with van der Waals surface area (Å²) in [6.45, 7) is 0.654. The SMILES string of the molecule is O=C(O)c1ccc(NCc2ccccc2)c(-c2ccco2)c1. The van der Waals surface area contributed by atoms with Gasteiger partial charge in [0.05, 0.1) is 11.8 Å². The van der Waals surface area contributed by atoms with Gasteiger partial charge in [-0.25, -0.2) is 4.79 Å². The molecule has 0 unspecified atom stereocenters. The van der Waals surface area contributed by atoms with Gasteiger partial charge in [-0.05, 0) is 35.9 Å². The van der Waals surface area contributed by atoms with Crippen molar-refractivity contribution in [2.24, 2.45) is 0 Å². The van der Waals surface area contributed by atoms with E-state index < -0.39 is 5.97 Å². The first-order valence-corrected chi connectivity index (χ1v) is 6.93. The molecule has 0 aliphatic carbocycles. The molecule has 0 aliphatic rings. The molecule has 0 spiro atoms. The van der Waals surface area contributed by atoms with Gasteiger partial charge in [-0.2, -0.15) is 0 Å². The highest BCUT2D eigenvalue weighted by molar-refractivity contribution is 5.91. The quantitative estimate of drug-likeness (QED) is 0.738. The van der Waals surface area contributed by atoms with E-state index in [0.29, 0.717) is 12.3 Å². The first kappa shape index (κ1) is 13.9. The minimum Gasteiger partial charge on any atom is -0.478 e. The second-order valence-corrected chi connectivity index (χ2v) is 4.88. The van der Waals surface area contributed by atoms with Crippen molar-refractivity contribution in [3.05, 3.63) is 78.1 Å². The van der Waals surface area contributed by atoms with Gasteiger partial charge in [-0.3, -0.25) is 0 Å². The van der Waals surface area contributed by atoms with Crippen molar-refractivity contribution >= 4 is 11.7 Å². The molecule has 0 saturated carbocycles. The van der Waals surface area contributed by atoms with Gasteiger partial charge in [0.1, 0.15) is 5.76 Å². The highest BCUT2D eigenvalue weighted by Gasteiger charge is 2.12. The van der Waals surface area contributed by atoms with Crippen LogP contribution in [-0.2, 0) is 6.54 Å². The fraction of sp³-hybridized carbons (Fsp3) is 0.0556. The van der Waals surface area contributed by atoms with Crippen LogP contribution in [-0.4, -0.2) is 11.1 Å². The summed E-state index contributed by atoms with van der Waals surface area (Å²) in [5.74, 6) is -0.318. The number of anilines is 1. The second-order valence-electron chi connectivity index (χ2n) is 4.88. The minimum atomic E-state index is -0.956. The molecule has 2 N–H and O–H groups in total. The van der Waals surface area contributed by atoms with Crippen molar-refractivity contribution in [3.8, 4) is 11.3 Å². The molecule has 110 valence electrons. The average molecular weight is 293 g/mol. The van der Waals surface area contributed by atoms with E-state index >= 15 is 0 Å². The standard InChI is InChI=1S/C18H15NO3/c20-18(21)14-8-9-16(15(11-14)17-7-4-10-22-17)19-12-13-5-2-1-3-6-13/h1-11,19H,12H2,(H,20,21). The zero-order chi connectivity index (χ0) is 15.4. The minimum absolute atomic E-state index is 0.233. The monoisotopic (exact) mass is 293 g/mol. The Morgan fingerprint density at radius 2 is 1.86 bits per heavy atom. The molecule has 3 aromatic rings. The number of nitrogens with one attached hydrogen (secondary N) is 1. The first-order valence-electron chi connectivity index (χ1n) is 6.93. The summed E-state index contributed by atoms with van der Waals surface area (Å²) in [6.07, 6.45) is 1.57. The fourth-order valence-corrected chi connectivity index (χ4v) is 2.26. The van der Waals surface area contributed by atoms with Gasteiger partial charge in [0.25, 0.3) is 0 Å². The van der Waals surface area contributed by atoms with Crippen LogP contribution in [0.3, 0.4) is 0 Å². The molecule has 0 fully saturated rings. The Hall–Kier alpha value is -3.01. The molecule has 0 radical (unpaired) electrons. The number of carboxylic acid groups (broad SMARTS) is 1. The number of carbonyl (C=O) groups is 1. The summed E-state index contributed by atoms with van der Waals surface area (Å²) in [7, 11) is 0. The number of carboxylic acids is 1. The van der Waals surface area contributed by atoms with Crippen molar-refractivity contribution in [1.29, 1.82) is 0 Å². The maximum absolute atomic E-state index is 11.2. The van der Waals surface area contributed by atoms with E-state index in [2.05, 4.69) is 5.32 Å². The highest BCUT2D eigenvalue weighted by Crippen LogP contribution is 2.30. The predicted octanol–water partition coefficient (Wildman–Crippen LogP) is 4.26. The Bertz CT molecular complexity index is 764. The van der Waals surface area contributed by atoms with Crippen LogP contribution in [0.25, 0.3) is 11.3 Å². The zero-order valence-electron chi connectivity index (χ0n) is 11.8. The summed E-state index contributed by atoms with van der Waals surface area (Å²) >= 11 is 0. The Morgan fingerprint density at radius 1 is 1.05 bits per heavy atom. The molecule has 3 rings (SSSR count). The van der Waals surface area contributed by atoms with E-state index in [-0.39, 0.29) is 5.56 Å². The maximum atomic E-state index is 11.2. The molecule has 4 nitrogen and oxygen atoms in total. The number of benzene rings is 2. The van der Waals surface area contributed by atoms with Crippen LogP contribution >= 0.6 is 0 Å². The van der Waals surface area contributed by atoms with Crippen molar-refractivity contribution in [2.75, 3.05) is 5.32 Å². The van der Waals surface area contributed by atoms with Gasteiger partial charge in [0, 0.05) is 17.8 Å². The molecular formula is C18H15NO3. The normalized spacial score (nSPS) is 10.4. The number of aromatic carboxylic acids is 1. The van der Waals surface area contributed by atoms with Gasteiger partial charge in [0.2, 0.25) is 0 Å². The fourth-order valence-electron chi connectivity index (χ4n) is 2.26. The third-order valence-electron chi connectivity index (χ3n) is 3.38. The van der Waals surface area contributed by atoms with Crippen LogP contribution in [0.5, 0.6) is 0 Å². The van der Waals surface area contributed by atoms with Gasteiger partial charge in [-0.1, -0.05) is 30.3 Å². The van der Waals surface area contributed by atoms with E-state index in [1.165, 1.54) is 0 Å².